The normalized spacial score (nSPS) is 13.3. The minimum atomic E-state index is -0.366. The summed E-state index contributed by atoms with van der Waals surface area (Å²) in [4.78, 5) is 36.8. The lowest BCUT2D eigenvalue weighted by molar-refractivity contribution is -0.113. The van der Waals surface area contributed by atoms with Gasteiger partial charge in [0, 0.05) is 13.0 Å². The average molecular weight is 351 g/mol. The van der Waals surface area contributed by atoms with Crippen molar-refractivity contribution in [3.05, 3.63) is 40.4 Å². The maximum Gasteiger partial charge on any atom is 0.261 e. The Labute approximate surface area is 140 Å². The number of nitrogens with one attached hydrogen (secondary N) is 1. The van der Waals surface area contributed by atoms with Crippen LogP contribution in [0.4, 0.5) is 5.13 Å². The molecule has 0 unspecified atom stereocenters. The molecule has 0 radical (unpaired) electrons. The summed E-state index contributed by atoms with van der Waals surface area (Å²) in [5.41, 5.74) is 0.842. The van der Waals surface area contributed by atoms with Gasteiger partial charge >= 0.3 is 0 Å². The highest BCUT2D eigenvalue weighted by molar-refractivity contribution is 7.15. The number of alkyl halides is 1. The highest BCUT2D eigenvalue weighted by atomic mass is 35.5. The number of halogens is 1. The van der Waals surface area contributed by atoms with Gasteiger partial charge in [0.05, 0.1) is 11.1 Å². The van der Waals surface area contributed by atoms with Gasteiger partial charge in [0.1, 0.15) is 10.9 Å². The Bertz CT molecular complexity index is 757. The Morgan fingerprint density at radius 2 is 1.83 bits per heavy atom. The lowest BCUT2D eigenvalue weighted by Crippen LogP contribution is -2.31. The van der Waals surface area contributed by atoms with Gasteiger partial charge in [0.25, 0.3) is 11.8 Å². The number of imide groups is 1. The summed E-state index contributed by atoms with van der Waals surface area (Å²) in [6.07, 6.45) is 0.375. The van der Waals surface area contributed by atoms with Crippen LogP contribution in [0.5, 0.6) is 0 Å². The minimum absolute atomic E-state index is 0.163. The van der Waals surface area contributed by atoms with Crippen LogP contribution in [-0.2, 0) is 11.2 Å². The molecule has 1 aromatic heterocycles. The summed E-state index contributed by atoms with van der Waals surface area (Å²) < 4.78 is 0. The van der Waals surface area contributed by atoms with Crippen LogP contribution in [0.1, 0.15) is 25.7 Å². The van der Waals surface area contributed by atoms with E-state index in [0.717, 1.165) is 0 Å². The first-order valence-corrected chi connectivity index (χ1v) is 8.08. The second-order valence-corrected chi connectivity index (χ2v) is 6.07. The number of nitrogens with zero attached hydrogens (tertiary/aromatic N) is 3. The van der Waals surface area contributed by atoms with Gasteiger partial charge in [-0.2, -0.15) is 0 Å². The Kier molecular flexibility index (Phi) is 4.35. The van der Waals surface area contributed by atoms with Crippen LogP contribution < -0.4 is 5.32 Å². The van der Waals surface area contributed by atoms with Crippen molar-refractivity contribution in [2.75, 3.05) is 17.7 Å². The van der Waals surface area contributed by atoms with Gasteiger partial charge in [-0.15, -0.1) is 21.8 Å². The van der Waals surface area contributed by atoms with E-state index in [0.29, 0.717) is 27.7 Å². The van der Waals surface area contributed by atoms with Crippen molar-refractivity contribution in [3.8, 4) is 0 Å². The van der Waals surface area contributed by atoms with Crippen molar-refractivity contribution in [2.45, 2.75) is 6.42 Å². The van der Waals surface area contributed by atoms with Crippen LogP contribution in [0.15, 0.2) is 24.3 Å². The number of benzene rings is 1. The Morgan fingerprint density at radius 1 is 1.17 bits per heavy atom. The number of amides is 3. The summed E-state index contributed by atoms with van der Waals surface area (Å²) in [6.45, 7) is 0.213. The molecule has 1 N–H and O–H groups in total. The molecule has 0 saturated carbocycles. The second-order valence-electron chi connectivity index (χ2n) is 4.74. The van der Waals surface area contributed by atoms with Crippen molar-refractivity contribution < 1.29 is 14.4 Å². The molecule has 0 aliphatic carbocycles. The average Bonchev–Trinajstić information content (AvgIpc) is 3.10. The van der Waals surface area contributed by atoms with E-state index in [1.165, 1.54) is 16.2 Å². The summed E-state index contributed by atoms with van der Waals surface area (Å²) in [5.74, 6) is -1.13. The fourth-order valence-electron chi connectivity index (χ4n) is 2.21. The van der Waals surface area contributed by atoms with E-state index in [1.807, 2.05) is 0 Å². The third-order valence-corrected chi connectivity index (χ3v) is 4.40. The molecule has 1 aromatic carbocycles. The minimum Gasteiger partial charge on any atom is -0.299 e. The zero-order valence-corrected chi connectivity index (χ0v) is 13.4. The van der Waals surface area contributed by atoms with E-state index in [4.69, 9.17) is 11.6 Å². The monoisotopic (exact) mass is 350 g/mol. The SMILES string of the molecule is O=C(CCl)Nc1nnc(CCN2C(=O)c3ccccc3C2=O)s1. The molecule has 0 bridgehead atoms. The van der Waals surface area contributed by atoms with Crippen LogP contribution in [0.3, 0.4) is 0 Å². The molecule has 1 aliphatic rings. The molecule has 7 nitrogen and oxygen atoms in total. The first-order chi connectivity index (χ1) is 11.1. The zero-order valence-electron chi connectivity index (χ0n) is 11.8. The molecule has 0 fully saturated rings. The molecule has 2 aromatic rings. The van der Waals surface area contributed by atoms with Gasteiger partial charge in [-0.25, -0.2) is 0 Å². The predicted octanol–water partition coefficient (Wildman–Crippen LogP) is 1.55. The van der Waals surface area contributed by atoms with E-state index in [-0.39, 0.29) is 30.1 Å². The quantitative estimate of drug-likeness (QED) is 0.652. The lowest BCUT2D eigenvalue weighted by atomic mass is 10.1. The highest BCUT2D eigenvalue weighted by Crippen LogP contribution is 2.23. The van der Waals surface area contributed by atoms with Crippen LogP contribution in [-0.4, -0.2) is 45.2 Å². The number of anilines is 1. The van der Waals surface area contributed by atoms with Crippen molar-refractivity contribution in [3.63, 3.8) is 0 Å². The summed E-state index contributed by atoms with van der Waals surface area (Å²) in [6, 6.07) is 6.73. The maximum absolute atomic E-state index is 12.2. The van der Waals surface area contributed by atoms with Gasteiger partial charge in [0.15, 0.2) is 0 Å². The van der Waals surface area contributed by atoms with Gasteiger partial charge in [0.2, 0.25) is 11.0 Å². The summed E-state index contributed by atoms with van der Waals surface area (Å²) >= 11 is 6.58. The topological polar surface area (TPSA) is 92.3 Å². The second kappa shape index (κ2) is 6.43. The molecule has 3 amide bonds. The molecular weight excluding hydrogens is 340 g/mol. The smallest absolute Gasteiger partial charge is 0.261 e. The number of fused-ring (bicyclic) bond motifs is 1. The predicted molar refractivity (Wildman–Crippen MR) is 84.8 cm³/mol. The molecule has 23 heavy (non-hydrogen) atoms. The van der Waals surface area contributed by atoms with Crippen LogP contribution in [0, 0.1) is 0 Å². The molecule has 9 heteroatoms. The van der Waals surface area contributed by atoms with E-state index in [1.54, 1.807) is 24.3 Å². The van der Waals surface area contributed by atoms with E-state index >= 15 is 0 Å². The fraction of sp³-hybridized carbons (Fsp3) is 0.214. The largest absolute Gasteiger partial charge is 0.299 e. The number of carbonyl (C=O) groups excluding carboxylic acids is 3. The first kappa shape index (κ1) is 15.6. The number of rotatable bonds is 5. The number of hydrogen-bond donors (Lipinski definition) is 1. The molecule has 2 heterocycles. The summed E-state index contributed by atoms with van der Waals surface area (Å²) in [5, 5.41) is 11.2. The van der Waals surface area contributed by atoms with E-state index in [9.17, 15) is 14.4 Å². The maximum atomic E-state index is 12.2. The first-order valence-electron chi connectivity index (χ1n) is 6.73. The molecular formula is C14H11ClN4O3S. The fourth-order valence-corrected chi connectivity index (χ4v) is 3.02. The van der Waals surface area contributed by atoms with Crippen molar-refractivity contribution >= 4 is 45.8 Å². The van der Waals surface area contributed by atoms with Crippen molar-refractivity contribution in [1.82, 2.24) is 15.1 Å². The molecule has 0 atom stereocenters. The van der Waals surface area contributed by atoms with Crippen molar-refractivity contribution in [2.24, 2.45) is 0 Å². The number of hydrogen-bond acceptors (Lipinski definition) is 6. The van der Waals surface area contributed by atoms with Gasteiger partial charge in [-0.1, -0.05) is 23.5 Å². The molecule has 3 rings (SSSR count). The lowest BCUT2D eigenvalue weighted by Gasteiger charge is -2.11. The van der Waals surface area contributed by atoms with Gasteiger partial charge < -0.3 is 0 Å². The van der Waals surface area contributed by atoms with Crippen LogP contribution in [0.25, 0.3) is 0 Å². The molecule has 0 saturated heterocycles. The molecule has 0 spiro atoms. The third kappa shape index (κ3) is 3.08. The Hall–Kier alpha value is -2.32. The standard InChI is InChI=1S/C14H11ClN4O3S/c15-7-10(20)16-14-18-17-11(23-14)5-6-19-12(21)8-3-1-2-4-9(8)13(19)22/h1-4H,5-7H2,(H,16,18,20). The van der Waals surface area contributed by atoms with Crippen molar-refractivity contribution in [1.29, 1.82) is 0 Å². The Balaban J connectivity index is 1.65. The van der Waals surface area contributed by atoms with Crippen LogP contribution in [0.2, 0.25) is 0 Å². The van der Waals surface area contributed by atoms with Gasteiger partial charge in [-0.3, -0.25) is 24.6 Å². The zero-order chi connectivity index (χ0) is 16.4. The molecule has 118 valence electrons. The Morgan fingerprint density at radius 3 is 2.43 bits per heavy atom. The third-order valence-electron chi connectivity index (χ3n) is 3.26. The molecule has 1 aliphatic heterocycles. The summed E-state index contributed by atoms with van der Waals surface area (Å²) in [7, 11) is 0. The number of aromatic nitrogens is 2. The van der Waals surface area contributed by atoms with Crippen LogP contribution >= 0.6 is 22.9 Å². The highest BCUT2D eigenvalue weighted by Gasteiger charge is 2.34. The van der Waals surface area contributed by atoms with Gasteiger partial charge in [-0.05, 0) is 12.1 Å². The van der Waals surface area contributed by atoms with E-state index in [2.05, 4.69) is 15.5 Å². The number of carbonyl (C=O) groups is 3. The van der Waals surface area contributed by atoms with E-state index < -0.39 is 0 Å².